The number of furan rings is 1. The van der Waals surface area contributed by atoms with Gasteiger partial charge in [-0.05, 0) is 34.7 Å². The van der Waals surface area contributed by atoms with Gasteiger partial charge in [0.05, 0.1) is 11.3 Å². The van der Waals surface area contributed by atoms with Gasteiger partial charge in [0.2, 0.25) is 5.09 Å². The third-order valence-corrected chi connectivity index (χ3v) is 5.20. The van der Waals surface area contributed by atoms with E-state index in [1.54, 1.807) is 6.92 Å². The molecule has 0 aliphatic carbocycles. The van der Waals surface area contributed by atoms with Gasteiger partial charge in [0.15, 0.2) is 0 Å². The standard InChI is InChI=1S/C15H22N4O4S/c1-6-19-10(3)13(9(2)18-19)8-17-15(20)12-7-14(23-11(12)4)24(21,22)16-5/h7,16H,6,8H2,1-5H3,(H,17,20). The molecule has 0 atom stereocenters. The molecule has 2 aromatic heterocycles. The van der Waals surface area contributed by atoms with Crippen molar-refractivity contribution in [1.82, 2.24) is 19.8 Å². The van der Waals surface area contributed by atoms with E-state index in [2.05, 4.69) is 15.1 Å². The fourth-order valence-corrected chi connectivity index (χ4v) is 3.18. The van der Waals surface area contributed by atoms with E-state index in [0.717, 1.165) is 23.5 Å². The van der Waals surface area contributed by atoms with Gasteiger partial charge < -0.3 is 9.73 Å². The topological polar surface area (TPSA) is 106 Å². The van der Waals surface area contributed by atoms with Crippen molar-refractivity contribution < 1.29 is 17.6 Å². The number of nitrogens with one attached hydrogen (secondary N) is 2. The maximum atomic E-state index is 12.4. The normalized spacial score (nSPS) is 11.7. The van der Waals surface area contributed by atoms with E-state index in [-0.39, 0.29) is 16.4 Å². The summed E-state index contributed by atoms with van der Waals surface area (Å²) in [6, 6.07) is 1.23. The Labute approximate surface area is 141 Å². The number of carbonyl (C=O) groups is 1. The van der Waals surface area contributed by atoms with Crippen molar-refractivity contribution in [2.75, 3.05) is 7.05 Å². The minimum absolute atomic E-state index is 0.196. The zero-order valence-corrected chi connectivity index (χ0v) is 15.2. The van der Waals surface area contributed by atoms with Crippen LogP contribution in [0.2, 0.25) is 0 Å². The fourth-order valence-electron chi connectivity index (χ4n) is 2.47. The summed E-state index contributed by atoms with van der Waals surface area (Å²) in [7, 11) is -2.44. The van der Waals surface area contributed by atoms with Crippen molar-refractivity contribution in [2.45, 2.75) is 45.9 Å². The van der Waals surface area contributed by atoms with Crippen molar-refractivity contribution in [1.29, 1.82) is 0 Å². The van der Waals surface area contributed by atoms with Crippen LogP contribution in [0.25, 0.3) is 0 Å². The predicted molar refractivity (Wildman–Crippen MR) is 88.2 cm³/mol. The Bertz CT molecular complexity index is 864. The van der Waals surface area contributed by atoms with E-state index in [4.69, 9.17) is 4.42 Å². The van der Waals surface area contributed by atoms with Gasteiger partial charge in [-0.1, -0.05) is 0 Å². The highest BCUT2D eigenvalue weighted by Gasteiger charge is 2.22. The first-order valence-corrected chi connectivity index (χ1v) is 9.04. The van der Waals surface area contributed by atoms with Crippen LogP contribution < -0.4 is 10.0 Å². The zero-order valence-electron chi connectivity index (χ0n) is 14.4. The molecule has 0 fully saturated rings. The average molecular weight is 354 g/mol. The molecule has 8 nitrogen and oxygen atoms in total. The lowest BCUT2D eigenvalue weighted by molar-refractivity contribution is 0.0949. The molecule has 0 spiro atoms. The first-order chi connectivity index (χ1) is 11.2. The maximum absolute atomic E-state index is 12.4. The van der Waals surface area contributed by atoms with Crippen LogP contribution in [-0.4, -0.2) is 31.2 Å². The van der Waals surface area contributed by atoms with Crippen LogP contribution in [0, 0.1) is 20.8 Å². The monoisotopic (exact) mass is 354 g/mol. The summed E-state index contributed by atoms with van der Waals surface area (Å²) in [5.74, 6) is -0.143. The maximum Gasteiger partial charge on any atom is 0.273 e. The minimum Gasteiger partial charge on any atom is -0.448 e. The van der Waals surface area contributed by atoms with Crippen molar-refractivity contribution in [3.8, 4) is 0 Å². The molecule has 0 radical (unpaired) electrons. The molecule has 0 aliphatic rings. The molecule has 0 aliphatic heterocycles. The summed E-state index contributed by atoms with van der Waals surface area (Å²) < 4.78 is 32.7. The molecule has 0 saturated heterocycles. The molecular weight excluding hydrogens is 332 g/mol. The molecule has 132 valence electrons. The lowest BCUT2D eigenvalue weighted by atomic mass is 10.2. The summed E-state index contributed by atoms with van der Waals surface area (Å²) in [6.07, 6.45) is 0. The minimum atomic E-state index is -3.72. The van der Waals surface area contributed by atoms with Gasteiger partial charge in [-0.3, -0.25) is 9.48 Å². The second-order valence-corrected chi connectivity index (χ2v) is 7.21. The number of hydrogen-bond donors (Lipinski definition) is 2. The SMILES string of the molecule is CCn1nc(C)c(CNC(=O)c2cc(S(=O)(=O)NC)oc2C)c1C. The third kappa shape index (κ3) is 3.36. The molecule has 0 unspecified atom stereocenters. The molecule has 2 N–H and O–H groups in total. The van der Waals surface area contributed by atoms with Crippen LogP contribution in [0.5, 0.6) is 0 Å². The number of rotatable bonds is 6. The number of carbonyl (C=O) groups excluding carboxylic acids is 1. The van der Waals surface area contributed by atoms with Crippen molar-refractivity contribution in [3.05, 3.63) is 34.3 Å². The summed E-state index contributed by atoms with van der Waals surface area (Å²) in [6.45, 7) is 8.46. The molecule has 9 heteroatoms. The second-order valence-electron chi connectivity index (χ2n) is 5.39. The first kappa shape index (κ1) is 18.2. The summed E-state index contributed by atoms with van der Waals surface area (Å²) >= 11 is 0. The third-order valence-electron chi connectivity index (χ3n) is 3.93. The Morgan fingerprint density at radius 1 is 1.33 bits per heavy atom. The first-order valence-electron chi connectivity index (χ1n) is 7.56. The second kappa shape index (κ2) is 6.78. The highest BCUT2D eigenvalue weighted by molar-refractivity contribution is 7.89. The van der Waals surface area contributed by atoms with Crippen LogP contribution >= 0.6 is 0 Å². The highest BCUT2D eigenvalue weighted by atomic mass is 32.2. The molecular formula is C15H22N4O4S. The van der Waals surface area contributed by atoms with E-state index in [1.165, 1.54) is 13.1 Å². The van der Waals surface area contributed by atoms with Crippen LogP contribution in [0.4, 0.5) is 0 Å². The van der Waals surface area contributed by atoms with Gasteiger partial charge in [0.1, 0.15) is 5.76 Å². The largest absolute Gasteiger partial charge is 0.448 e. The van der Waals surface area contributed by atoms with Gasteiger partial charge >= 0.3 is 0 Å². The number of sulfonamides is 1. The molecule has 2 heterocycles. The molecule has 24 heavy (non-hydrogen) atoms. The van der Waals surface area contributed by atoms with Crippen LogP contribution in [0.3, 0.4) is 0 Å². The van der Waals surface area contributed by atoms with Gasteiger partial charge in [0, 0.05) is 30.4 Å². The van der Waals surface area contributed by atoms with Crippen molar-refractivity contribution in [2.24, 2.45) is 0 Å². The Morgan fingerprint density at radius 2 is 2.00 bits per heavy atom. The zero-order chi connectivity index (χ0) is 18.1. The van der Waals surface area contributed by atoms with Crippen LogP contribution in [0.1, 0.15) is 40.0 Å². The average Bonchev–Trinajstić information content (AvgIpc) is 3.06. The Hall–Kier alpha value is -2.13. The number of aromatic nitrogens is 2. The van der Waals surface area contributed by atoms with Gasteiger partial charge in [-0.2, -0.15) is 5.10 Å². The van der Waals surface area contributed by atoms with E-state index in [9.17, 15) is 13.2 Å². The molecule has 0 aromatic carbocycles. The smallest absolute Gasteiger partial charge is 0.273 e. The lowest BCUT2D eigenvalue weighted by Gasteiger charge is -2.05. The number of amides is 1. The molecule has 2 aromatic rings. The van der Waals surface area contributed by atoms with Gasteiger partial charge in [-0.25, -0.2) is 13.1 Å². The quantitative estimate of drug-likeness (QED) is 0.812. The number of hydrogen-bond acceptors (Lipinski definition) is 5. The number of aryl methyl sites for hydroxylation is 3. The Balaban J connectivity index is 2.18. The van der Waals surface area contributed by atoms with Crippen LogP contribution in [0.15, 0.2) is 15.6 Å². The lowest BCUT2D eigenvalue weighted by Crippen LogP contribution is -2.23. The van der Waals surface area contributed by atoms with Gasteiger partial charge in [0.25, 0.3) is 15.9 Å². The Kier molecular flexibility index (Phi) is 5.14. The summed E-state index contributed by atoms with van der Waals surface area (Å²) in [5.41, 5.74) is 3.01. The fraction of sp³-hybridized carbons (Fsp3) is 0.467. The molecule has 2 rings (SSSR count). The number of nitrogens with zero attached hydrogens (tertiary/aromatic N) is 2. The molecule has 0 bridgehead atoms. The van der Waals surface area contributed by atoms with Crippen molar-refractivity contribution >= 4 is 15.9 Å². The molecule has 1 amide bonds. The predicted octanol–water partition coefficient (Wildman–Crippen LogP) is 1.26. The van der Waals surface area contributed by atoms with Crippen molar-refractivity contribution in [3.63, 3.8) is 0 Å². The highest BCUT2D eigenvalue weighted by Crippen LogP contribution is 2.19. The van der Waals surface area contributed by atoms with E-state index < -0.39 is 15.9 Å². The summed E-state index contributed by atoms with van der Waals surface area (Å²) in [4.78, 5) is 12.4. The van der Waals surface area contributed by atoms with E-state index in [0.29, 0.717) is 6.54 Å². The van der Waals surface area contributed by atoms with Crippen LogP contribution in [-0.2, 0) is 23.1 Å². The molecule has 0 saturated carbocycles. The van der Waals surface area contributed by atoms with Gasteiger partial charge in [-0.15, -0.1) is 0 Å². The Morgan fingerprint density at radius 3 is 2.54 bits per heavy atom. The van der Waals surface area contributed by atoms with E-state index in [1.807, 2.05) is 25.5 Å². The summed E-state index contributed by atoms with van der Waals surface area (Å²) in [5, 5.41) is 6.92. The van der Waals surface area contributed by atoms with E-state index >= 15 is 0 Å².